The van der Waals surface area contributed by atoms with Gasteiger partial charge in [-0.05, 0) is 18.2 Å². The molecule has 2 atom stereocenters. The Balaban J connectivity index is 1.81. The average molecular weight is 279 g/mol. The standard InChI is InChI=1S/C17H13NO3/c19-16-13-10-21-14-9-5-4-8-12(14)15(13)17(20)18(16)11-6-2-1-3-7-11/h1-9,13,15H,10H2/t13-,15+/m0/s1. The summed E-state index contributed by atoms with van der Waals surface area (Å²) in [6.45, 7) is 0.260. The van der Waals surface area contributed by atoms with Gasteiger partial charge in [0, 0.05) is 5.56 Å². The van der Waals surface area contributed by atoms with Gasteiger partial charge in [-0.3, -0.25) is 9.59 Å². The van der Waals surface area contributed by atoms with Crippen molar-refractivity contribution in [2.45, 2.75) is 5.92 Å². The molecule has 0 aliphatic carbocycles. The number of ether oxygens (including phenoxy) is 1. The highest BCUT2D eigenvalue weighted by Crippen LogP contribution is 2.44. The Hall–Kier alpha value is -2.62. The summed E-state index contributed by atoms with van der Waals surface area (Å²) in [5.41, 5.74) is 1.44. The van der Waals surface area contributed by atoms with Crippen molar-refractivity contribution in [3.63, 3.8) is 0 Å². The molecule has 0 unspecified atom stereocenters. The van der Waals surface area contributed by atoms with Crippen LogP contribution >= 0.6 is 0 Å². The lowest BCUT2D eigenvalue weighted by Gasteiger charge is -2.24. The van der Waals surface area contributed by atoms with Crippen LogP contribution in [0.1, 0.15) is 11.5 Å². The zero-order valence-electron chi connectivity index (χ0n) is 11.2. The molecule has 0 aromatic heterocycles. The zero-order chi connectivity index (χ0) is 14.4. The van der Waals surface area contributed by atoms with Crippen molar-refractivity contribution in [1.29, 1.82) is 0 Å². The number of fused-ring (bicyclic) bond motifs is 3. The van der Waals surface area contributed by atoms with E-state index in [1.165, 1.54) is 4.90 Å². The molecule has 0 bridgehead atoms. The Morgan fingerprint density at radius 1 is 0.905 bits per heavy atom. The summed E-state index contributed by atoms with van der Waals surface area (Å²) >= 11 is 0. The molecule has 0 spiro atoms. The molecule has 4 rings (SSSR count). The monoisotopic (exact) mass is 279 g/mol. The van der Waals surface area contributed by atoms with Crippen molar-refractivity contribution in [3.8, 4) is 5.75 Å². The highest BCUT2D eigenvalue weighted by atomic mass is 16.5. The molecule has 2 amide bonds. The predicted octanol–water partition coefficient (Wildman–Crippen LogP) is 2.35. The summed E-state index contributed by atoms with van der Waals surface area (Å²) in [7, 11) is 0. The maximum Gasteiger partial charge on any atom is 0.242 e. The first-order valence-corrected chi connectivity index (χ1v) is 6.92. The average Bonchev–Trinajstić information content (AvgIpc) is 2.80. The van der Waals surface area contributed by atoms with Crippen molar-refractivity contribution in [2.24, 2.45) is 5.92 Å². The fourth-order valence-corrected chi connectivity index (χ4v) is 3.13. The van der Waals surface area contributed by atoms with Crippen molar-refractivity contribution < 1.29 is 14.3 Å². The van der Waals surface area contributed by atoms with Crippen molar-refractivity contribution in [3.05, 3.63) is 60.2 Å². The molecule has 4 heteroatoms. The van der Waals surface area contributed by atoms with E-state index in [4.69, 9.17) is 4.74 Å². The minimum absolute atomic E-state index is 0.160. The topological polar surface area (TPSA) is 46.6 Å². The van der Waals surface area contributed by atoms with E-state index in [-0.39, 0.29) is 18.4 Å². The number of carbonyl (C=O) groups is 2. The molecule has 2 aromatic carbocycles. The van der Waals surface area contributed by atoms with Crippen LogP contribution < -0.4 is 9.64 Å². The summed E-state index contributed by atoms with van der Waals surface area (Å²) in [4.78, 5) is 26.6. The van der Waals surface area contributed by atoms with Crippen LogP contribution in [0.15, 0.2) is 54.6 Å². The molecule has 2 aliphatic heterocycles. The number of para-hydroxylation sites is 2. The van der Waals surface area contributed by atoms with Crippen LogP contribution in [0.5, 0.6) is 5.75 Å². The van der Waals surface area contributed by atoms with Gasteiger partial charge in [-0.1, -0.05) is 36.4 Å². The first-order valence-electron chi connectivity index (χ1n) is 6.92. The molecule has 2 aromatic rings. The van der Waals surface area contributed by atoms with E-state index in [1.807, 2.05) is 42.5 Å². The van der Waals surface area contributed by atoms with E-state index in [0.717, 1.165) is 5.56 Å². The molecular formula is C17H13NO3. The number of nitrogens with zero attached hydrogens (tertiary/aromatic N) is 1. The van der Waals surface area contributed by atoms with Gasteiger partial charge in [-0.25, -0.2) is 4.90 Å². The SMILES string of the molecule is O=C1[C@H]2COc3ccccc3[C@H]2C(=O)N1c1ccccc1. The number of carbonyl (C=O) groups excluding carboxylic acids is 2. The number of benzene rings is 2. The van der Waals surface area contributed by atoms with Gasteiger partial charge in [0.05, 0.1) is 17.5 Å². The maximum absolute atomic E-state index is 12.8. The van der Waals surface area contributed by atoms with Crippen LogP contribution in [0.2, 0.25) is 0 Å². The third-order valence-corrected chi connectivity index (χ3v) is 4.11. The van der Waals surface area contributed by atoms with Crippen LogP contribution in [-0.4, -0.2) is 18.4 Å². The molecule has 1 saturated heterocycles. The molecule has 104 valence electrons. The first kappa shape index (κ1) is 12.1. The molecule has 0 radical (unpaired) electrons. The van der Waals surface area contributed by atoms with Crippen LogP contribution in [0.25, 0.3) is 0 Å². The molecule has 4 nitrogen and oxygen atoms in total. The zero-order valence-corrected chi connectivity index (χ0v) is 11.2. The fraction of sp³-hybridized carbons (Fsp3) is 0.176. The van der Waals surface area contributed by atoms with Crippen LogP contribution in [0, 0.1) is 5.92 Å². The molecular weight excluding hydrogens is 266 g/mol. The maximum atomic E-state index is 12.8. The van der Waals surface area contributed by atoms with Crippen LogP contribution in [0.4, 0.5) is 5.69 Å². The molecule has 2 heterocycles. The quantitative estimate of drug-likeness (QED) is 0.753. The third-order valence-electron chi connectivity index (χ3n) is 4.11. The highest BCUT2D eigenvalue weighted by Gasteiger charge is 2.51. The lowest BCUT2D eigenvalue weighted by molar-refractivity contribution is -0.122. The van der Waals surface area contributed by atoms with Gasteiger partial charge in [0.1, 0.15) is 12.4 Å². The minimum Gasteiger partial charge on any atom is -0.492 e. The molecule has 21 heavy (non-hydrogen) atoms. The van der Waals surface area contributed by atoms with E-state index in [1.54, 1.807) is 12.1 Å². The van der Waals surface area contributed by atoms with E-state index >= 15 is 0 Å². The van der Waals surface area contributed by atoms with Gasteiger partial charge >= 0.3 is 0 Å². The second-order valence-corrected chi connectivity index (χ2v) is 5.28. The molecule has 1 fully saturated rings. The summed E-state index contributed by atoms with van der Waals surface area (Å²) in [6, 6.07) is 16.5. The third kappa shape index (κ3) is 1.69. The van der Waals surface area contributed by atoms with Crippen molar-refractivity contribution >= 4 is 17.5 Å². The van der Waals surface area contributed by atoms with Crippen molar-refractivity contribution in [1.82, 2.24) is 0 Å². The van der Waals surface area contributed by atoms with Gasteiger partial charge in [0.25, 0.3) is 0 Å². The number of hydrogen-bond donors (Lipinski definition) is 0. The van der Waals surface area contributed by atoms with E-state index in [9.17, 15) is 9.59 Å². The summed E-state index contributed by atoms with van der Waals surface area (Å²) in [6.07, 6.45) is 0. The Bertz CT molecular complexity index is 726. The number of rotatable bonds is 1. The van der Waals surface area contributed by atoms with Crippen LogP contribution in [0.3, 0.4) is 0 Å². The Morgan fingerprint density at radius 2 is 1.62 bits per heavy atom. The van der Waals surface area contributed by atoms with E-state index in [2.05, 4.69) is 0 Å². The molecule has 2 aliphatic rings. The van der Waals surface area contributed by atoms with E-state index in [0.29, 0.717) is 11.4 Å². The summed E-state index contributed by atoms with van der Waals surface area (Å²) in [5, 5.41) is 0. The van der Waals surface area contributed by atoms with Gasteiger partial charge in [-0.2, -0.15) is 0 Å². The Labute approximate surface area is 121 Å². The Morgan fingerprint density at radius 3 is 2.43 bits per heavy atom. The van der Waals surface area contributed by atoms with Gasteiger partial charge in [0.2, 0.25) is 11.8 Å². The molecule has 0 saturated carbocycles. The highest BCUT2D eigenvalue weighted by molar-refractivity contribution is 6.24. The van der Waals surface area contributed by atoms with Gasteiger partial charge in [0.15, 0.2) is 0 Å². The number of amides is 2. The van der Waals surface area contributed by atoms with Gasteiger partial charge in [-0.15, -0.1) is 0 Å². The molecule has 0 N–H and O–H groups in total. The van der Waals surface area contributed by atoms with Crippen molar-refractivity contribution in [2.75, 3.05) is 11.5 Å². The fourth-order valence-electron chi connectivity index (χ4n) is 3.13. The second kappa shape index (κ2) is 4.45. The minimum atomic E-state index is -0.428. The number of anilines is 1. The largest absolute Gasteiger partial charge is 0.492 e. The lowest BCUT2D eigenvalue weighted by atomic mass is 9.86. The smallest absolute Gasteiger partial charge is 0.242 e. The van der Waals surface area contributed by atoms with Crippen LogP contribution in [-0.2, 0) is 9.59 Å². The number of imide groups is 1. The lowest BCUT2D eigenvalue weighted by Crippen LogP contribution is -2.31. The summed E-state index contributed by atoms with van der Waals surface area (Å²) < 4.78 is 5.64. The first-order chi connectivity index (χ1) is 10.3. The summed E-state index contributed by atoms with van der Waals surface area (Å²) in [5.74, 6) is -0.484. The normalized spacial score (nSPS) is 23.5. The second-order valence-electron chi connectivity index (χ2n) is 5.28. The predicted molar refractivity (Wildman–Crippen MR) is 77.1 cm³/mol. The van der Waals surface area contributed by atoms with E-state index < -0.39 is 11.8 Å². The number of hydrogen-bond acceptors (Lipinski definition) is 3. The van der Waals surface area contributed by atoms with Gasteiger partial charge < -0.3 is 4.74 Å². The Kier molecular flexibility index (Phi) is 2.57.